The number of nitrogens with one attached hydrogen (secondary N) is 1. The zero-order valence-corrected chi connectivity index (χ0v) is 15.4. The van der Waals surface area contributed by atoms with E-state index in [1.165, 1.54) is 7.11 Å². The van der Waals surface area contributed by atoms with E-state index in [-0.39, 0.29) is 11.2 Å². The summed E-state index contributed by atoms with van der Waals surface area (Å²) in [6, 6.07) is 3.86. The number of thioether (sulfide) groups is 1. The topological polar surface area (TPSA) is 51.2 Å². The Bertz CT molecular complexity index is 473. The van der Waals surface area contributed by atoms with Crippen molar-refractivity contribution in [1.29, 1.82) is 0 Å². The van der Waals surface area contributed by atoms with Crippen LogP contribution in [0.25, 0.3) is 0 Å². The third-order valence-corrected chi connectivity index (χ3v) is 5.15. The highest BCUT2D eigenvalue weighted by Crippen LogP contribution is 2.32. The number of aromatic nitrogens is 1. The highest BCUT2D eigenvalue weighted by Gasteiger charge is 2.35. The number of carbonyl (C=O) groups excluding carboxylic acids is 1. The summed E-state index contributed by atoms with van der Waals surface area (Å²) < 4.78 is 5.93. The summed E-state index contributed by atoms with van der Waals surface area (Å²) in [6.45, 7) is 6.86. The van der Waals surface area contributed by atoms with Crippen molar-refractivity contribution < 1.29 is 9.53 Å². The quantitative estimate of drug-likeness (QED) is 0.555. The minimum atomic E-state index is -0.668. The number of rotatable bonds is 8. The van der Waals surface area contributed by atoms with Gasteiger partial charge in [-0.1, -0.05) is 13.8 Å². The number of pyridine rings is 1. The molecule has 2 unspecified atom stereocenters. The van der Waals surface area contributed by atoms with Gasteiger partial charge in [-0.3, -0.25) is 4.79 Å². The van der Waals surface area contributed by atoms with Gasteiger partial charge in [-0.2, -0.15) is 0 Å². The maximum Gasteiger partial charge on any atom is 0.325 e. The van der Waals surface area contributed by atoms with Gasteiger partial charge in [0.1, 0.15) is 10.6 Å². The van der Waals surface area contributed by atoms with Crippen molar-refractivity contribution >= 4 is 33.7 Å². The lowest BCUT2D eigenvalue weighted by atomic mass is 9.96. The molecule has 0 aliphatic carbocycles. The molecule has 1 aromatic heterocycles. The first-order valence-corrected chi connectivity index (χ1v) is 8.70. The maximum absolute atomic E-state index is 12.1. The third-order valence-electron chi connectivity index (χ3n) is 3.13. The van der Waals surface area contributed by atoms with Gasteiger partial charge >= 0.3 is 5.97 Å². The molecule has 118 valence electrons. The highest BCUT2D eigenvalue weighted by molar-refractivity contribution is 9.10. The van der Waals surface area contributed by atoms with Crippen molar-refractivity contribution in [3.63, 3.8) is 0 Å². The second kappa shape index (κ2) is 8.76. The van der Waals surface area contributed by atoms with Crippen LogP contribution in [-0.2, 0) is 9.53 Å². The number of halogens is 1. The summed E-state index contributed by atoms with van der Waals surface area (Å²) >= 11 is 5.15. The Hall–Kier alpha value is -0.590. The van der Waals surface area contributed by atoms with Crippen LogP contribution < -0.4 is 5.32 Å². The van der Waals surface area contributed by atoms with Gasteiger partial charge in [-0.25, -0.2) is 4.98 Å². The molecule has 0 fully saturated rings. The van der Waals surface area contributed by atoms with Crippen LogP contribution in [0.4, 0.5) is 0 Å². The van der Waals surface area contributed by atoms with Crippen LogP contribution in [0, 0.1) is 0 Å². The van der Waals surface area contributed by atoms with Crippen molar-refractivity contribution in [3.05, 3.63) is 22.8 Å². The van der Waals surface area contributed by atoms with Gasteiger partial charge in [0, 0.05) is 15.9 Å². The van der Waals surface area contributed by atoms with Gasteiger partial charge in [0.2, 0.25) is 0 Å². The normalized spacial score (nSPS) is 15.3. The van der Waals surface area contributed by atoms with Gasteiger partial charge in [0.25, 0.3) is 0 Å². The molecule has 6 heteroatoms. The Morgan fingerprint density at radius 1 is 1.62 bits per heavy atom. The molecular weight excluding hydrogens is 352 g/mol. The molecule has 21 heavy (non-hydrogen) atoms. The van der Waals surface area contributed by atoms with E-state index in [1.54, 1.807) is 18.0 Å². The molecule has 1 aromatic rings. The van der Waals surface area contributed by atoms with Gasteiger partial charge in [0.15, 0.2) is 0 Å². The predicted octanol–water partition coefficient (Wildman–Crippen LogP) is 3.65. The lowest BCUT2D eigenvalue weighted by molar-refractivity contribution is -0.148. The Balaban J connectivity index is 2.74. The Kier molecular flexibility index (Phi) is 7.70. The standard InChI is InChI=1S/C15H23BrN2O2S/c1-5-8-18-15(3,14(19)20-4)10-11(2)21-13-12(16)7-6-9-17-13/h6-7,9,11,18H,5,8,10H2,1-4H3. The number of hydrogen-bond donors (Lipinski definition) is 1. The molecule has 4 nitrogen and oxygen atoms in total. The first kappa shape index (κ1) is 18.5. The van der Waals surface area contributed by atoms with E-state index in [0.717, 1.165) is 22.5 Å². The largest absolute Gasteiger partial charge is 0.468 e. The molecule has 0 aliphatic heterocycles. The van der Waals surface area contributed by atoms with Crippen molar-refractivity contribution in [2.75, 3.05) is 13.7 Å². The molecule has 1 heterocycles. The number of hydrogen-bond acceptors (Lipinski definition) is 5. The van der Waals surface area contributed by atoms with Crippen molar-refractivity contribution in [2.24, 2.45) is 0 Å². The molecule has 1 rings (SSSR count). The fourth-order valence-electron chi connectivity index (χ4n) is 2.12. The van der Waals surface area contributed by atoms with Crippen LogP contribution in [0.1, 0.15) is 33.6 Å². The zero-order chi connectivity index (χ0) is 15.9. The number of carbonyl (C=O) groups is 1. The summed E-state index contributed by atoms with van der Waals surface area (Å²) in [5.74, 6) is -0.219. The molecule has 2 atom stereocenters. The number of ether oxygens (including phenoxy) is 1. The summed E-state index contributed by atoms with van der Waals surface area (Å²) in [7, 11) is 1.43. The van der Waals surface area contributed by atoms with E-state index in [1.807, 2.05) is 19.1 Å². The lowest BCUT2D eigenvalue weighted by Gasteiger charge is -2.30. The minimum Gasteiger partial charge on any atom is -0.468 e. The van der Waals surface area contributed by atoms with Crippen LogP contribution in [0.15, 0.2) is 27.8 Å². The molecule has 0 bridgehead atoms. The molecule has 0 amide bonds. The Labute approximate surface area is 139 Å². The zero-order valence-electron chi connectivity index (χ0n) is 13.0. The second-order valence-electron chi connectivity index (χ2n) is 5.17. The lowest BCUT2D eigenvalue weighted by Crippen LogP contribution is -2.51. The first-order valence-electron chi connectivity index (χ1n) is 7.03. The van der Waals surface area contributed by atoms with Gasteiger partial charge in [-0.05, 0) is 54.4 Å². The summed E-state index contributed by atoms with van der Waals surface area (Å²) in [4.78, 5) is 16.4. The molecule has 0 aromatic carbocycles. The van der Waals surface area contributed by atoms with E-state index in [4.69, 9.17) is 4.74 Å². The fraction of sp³-hybridized carbons (Fsp3) is 0.600. The monoisotopic (exact) mass is 374 g/mol. The van der Waals surface area contributed by atoms with Crippen LogP contribution >= 0.6 is 27.7 Å². The molecule has 0 saturated carbocycles. The minimum absolute atomic E-state index is 0.219. The van der Waals surface area contributed by atoms with E-state index in [9.17, 15) is 4.79 Å². The molecule has 1 N–H and O–H groups in total. The van der Waals surface area contributed by atoms with Crippen LogP contribution in [0.5, 0.6) is 0 Å². The van der Waals surface area contributed by atoms with Crippen LogP contribution in [-0.4, -0.2) is 35.4 Å². The summed E-state index contributed by atoms with van der Waals surface area (Å²) in [5.41, 5.74) is -0.668. The van der Waals surface area contributed by atoms with Gasteiger partial charge < -0.3 is 10.1 Å². The van der Waals surface area contributed by atoms with Crippen LogP contribution in [0.2, 0.25) is 0 Å². The van der Waals surface area contributed by atoms with E-state index >= 15 is 0 Å². The maximum atomic E-state index is 12.1. The van der Waals surface area contributed by atoms with E-state index in [2.05, 4.69) is 40.1 Å². The predicted molar refractivity (Wildman–Crippen MR) is 90.6 cm³/mol. The highest BCUT2D eigenvalue weighted by atomic mass is 79.9. The first-order chi connectivity index (χ1) is 9.92. The fourth-order valence-corrected chi connectivity index (χ4v) is 3.75. The molecule has 0 radical (unpaired) electrons. The Morgan fingerprint density at radius 2 is 2.33 bits per heavy atom. The average molecular weight is 375 g/mol. The average Bonchev–Trinajstić information content (AvgIpc) is 2.46. The van der Waals surface area contributed by atoms with Gasteiger partial charge in [0.05, 0.1) is 7.11 Å². The second-order valence-corrected chi connectivity index (χ2v) is 7.45. The molecule has 0 spiro atoms. The third kappa shape index (κ3) is 5.60. The smallest absolute Gasteiger partial charge is 0.325 e. The molecular formula is C15H23BrN2O2S. The summed E-state index contributed by atoms with van der Waals surface area (Å²) in [5, 5.41) is 4.47. The van der Waals surface area contributed by atoms with E-state index < -0.39 is 5.54 Å². The number of methoxy groups -OCH3 is 1. The van der Waals surface area contributed by atoms with Crippen molar-refractivity contribution in [3.8, 4) is 0 Å². The molecule has 0 aliphatic rings. The van der Waals surface area contributed by atoms with Crippen molar-refractivity contribution in [1.82, 2.24) is 10.3 Å². The number of nitrogens with zero attached hydrogens (tertiary/aromatic N) is 1. The Morgan fingerprint density at radius 3 is 2.90 bits per heavy atom. The van der Waals surface area contributed by atoms with E-state index in [0.29, 0.717) is 6.42 Å². The SMILES string of the molecule is CCCNC(C)(CC(C)Sc1ncccc1Br)C(=O)OC. The van der Waals surface area contributed by atoms with Gasteiger partial charge in [-0.15, -0.1) is 11.8 Å². The van der Waals surface area contributed by atoms with Crippen molar-refractivity contribution in [2.45, 2.75) is 49.4 Å². The number of esters is 1. The molecule has 0 saturated heterocycles. The van der Waals surface area contributed by atoms with Crippen LogP contribution in [0.3, 0.4) is 0 Å². The summed E-state index contributed by atoms with van der Waals surface area (Å²) in [6.07, 6.45) is 3.42.